The van der Waals surface area contributed by atoms with Crippen molar-refractivity contribution in [2.45, 2.75) is 33.2 Å². The Labute approximate surface area is 201 Å². The highest BCUT2D eigenvalue weighted by molar-refractivity contribution is 7.09. The van der Waals surface area contributed by atoms with Gasteiger partial charge in [-0.3, -0.25) is 4.79 Å². The number of amides is 1. The molecule has 1 aromatic carbocycles. The molecule has 4 aromatic heterocycles. The second-order valence-electron chi connectivity index (χ2n) is 8.00. The standard InChI is InChI=1S/C26H24N4O3S/c1-18-11-23(24-14-28-30(25(24)29-18)15-22-8-4-10-34-22)26(31)27-13-19-5-2-6-20(12-19)16-32-17-21-7-3-9-33-21/h2-12,14H,13,15-17H2,1H3,(H,27,31). The van der Waals surface area contributed by atoms with Gasteiger partial charge in [-0.2, -0.15) is 5.10 Å². The number of hydrogen-bond donors (Lipinski definition) is 1. The molecular formula is C26H24N4O3S. The minimum absolute atomic E-state index is 0.148. The molecule has 4 heterocycles. The lowest BCUT2D eigenvalue weighted by Crippen LogP contribution is -2.23. The summed E-state index contributed by atoms with van der Waals surface area (Å²) in [5.41, 5.74) is 4.12. The monoisotopic (exact) mass is 472 g/mol. The van der Waals surface area contributed by atoms with Crippen molar-refractivity contribution in [3.8, 4) is 0 Å². The molecule has 7 nitrogen and oxygen atoms in total. The molecule has 0 saturated heterocycles. The van der Waals surface area contributed by atoms with Crippen LogP contribution in [-0.2, 0) is 31.0 Å². The summed E-state index contributed by atoms with van der Waals surface area (Å²) in [5.74, 6) is 0.645. The summed E-state index contributed by atoms with van der Waals surface area (Å²) in [6.07, 6.45) is 3.36. The van der Waals surface area contributed by atoms with Crippen molar-refractivity contribution in [1.82, 2.24) is 20.1 Å². The largest absolute Gasteiger partial charge is 0.467 e. The first-order valence-corrected chi connectivity index (χ1v) is 11.9. The van der Waals surface area contributed by atoms with Gasteiger partial charge >= 0.3 is 0 Å². The molecule has 5 rings (SSSR count). The number of pyridine rings is 1. The van der Waals surface area contributed by atoms with Gasteiger partial charge in [-0.25, -0.2) is 9.67 Å². The first-order valence-electron chi connectivity index (χ1n) is 11.0. The predicted molar refractivity (Wildman–Crippen MR) is 130 cm³/mol. The fourth-order valence-corrected chi connectivity index (χ4v) is 4.48. The summed E-state index contributed by atoms with van der Waals surface area (Å²) >= 11 is 1.67. The van der Waals surface area contributed by atoms with E-state index in [-0.39, 0.29) is 5.91 Å². The van der Waals surface area contributed by atoms with E-state index in [2.05, 4.69) is 21.5 Å². The molecule has 5 aromatic rings. The molecule has 1 N–H and O–H groups in total. The summed E-state index contributed by atoms with van der Waals surface area (Å²) in [5, 5.41) is 10.3. The predicted octanol–water partition coefficient (Wildman–Crippen LogP) is 5.09. The van der Waals surface area contributed by atoms with Gasteiger partial charge in [-0.15, -0.1) is 11.3 Å². The maximum absolute atomic E-state index is 13.1. The Hall–Kier alpha value is -3.75. The molecule has 0 spiro atoms. The average molecular weight is 473 g/mol. The number of rotatable bonds is 9. The molecule has 34 heavy (non-hydrogen) atoms. The van der Waals surface area contributed by atoms with Crippen molar-refractivity contribution in [2.24, 2.45) is 0 Å². The van der Waals surface area contributed by atoms with E-state index < -0.39 is 0 Å². The second-order valence-corrected chi connectivity index (χ2v) is 9.04. The average Bonchev–Trinajstić information content (AvgIpc) is 3.61. The fourth-order valence-electron chi connectivity index (χ4n) is 3.80. The van der Waals surface area contributed by atoms with Crippen LogP contribution in [0.3, 0.4) is 0 Å². The van der Waals surface area contributed by atoms with Gasteiger partial charge in [0.15, 0.2) is 5.65 Å². The number of hydrogen-bond acceptors (Lipinski definition) is 6. The first-order chi connectivity index (χ1) is 16.7. The third-order valence-corrected chi connectivity index (χ3v) is 6.27. The maximum Gasteiger partial charge on any atom is 0.252 e. The highest BCUT2D eigenvalue weighted by atomic mass is 32.1. The molecule has 0 fully saturated rings. The van der Waals surface area contributed by atoms with Gasteiger partial charge in [0.2, 0.25) is 0 Å². The number of carbonyl (C=O) groups excluding carboxylic acids is 1. The van der Waals surface area contributed by atoms with E-state index in [1.165, 1.54) is 4.88 Å². The highest BCUT2D eigenvalue weighted by Crippen LogP contribution is 2.21. The second kappa shape index (κ2) is 10.0. The van der Waals surface area contributed by atoms with Crippen LogP contribution in [0.25, 0.3) is 11.0 Å². The SMILES string of the molecule is Cc1cc(C(=O)NCc2cccc(COCc3ccco3)c2)c2cnn(Cc3cccs3)c2n1. The first kappa shape index (κ1) is 22.1. The van der Waals surface area contributed by atoms with Gasteiger partial charge in [0, 0.05) is 17.1 Å². The Balaban J connectivity index is 1.25. The molecule has 0 aliphatic heterocycles. The van der Waals surface area contributed by atoms with E-state index in [9.17, 15) is 4.79 Å². The smallest absolute Gasteiger partial charge is 0.252 e. The van der Waals surface area contributed by atoms with E-state index in [0.29, 0.717) is 37.5 Å². The quantitative estimate of drug-likeness (QED) is 0.323. The third-order valence-electron chi connectivity index (χ3n) is 5.41. The minimum Gasteiger partial charge on any atom is -0.467 e. The molecule has 172 valence electrons. The maximum atomic E-state index is 13.1. The number of fused-ring (bicyclic) bond motifs is 1. The fraction of sp³-hybridized carbons (Fsp3) is 0.192. The zero-order chi connectivity index (χ0) is 23.3. The van der Waals surface area contributed by atoms with Gasteiger partial charge in [-0.05, 0) is 47.7 Å². The third kappa shape index (κ3) is 5.08. The molecule has 0 unspecified atom stereocenters. The Morgan fingerprint density at radius 3 is 2.85 bits per heavy atom. The summed E-state index contributed by atoms with van der Waals surface area (Å²) in [6, 6.07) is 17.6. The summed E-state index contributed by atoms with van der Waals surface area (Å²) in [4.78, 5) is 18.9. The van der Waals surface area contributed by atoms with Crippen LogP contribution < -0.4 is 5.32 Å². The van der Waals surface area contributed by atoms with Crippen molar-refractivity contribution in [3.05, 3.63) is 105 Å². The van der Waals surface area contributed by atoms with Crippen molar-refractivity contribution < 1.29 is 13.9 Å². The van der Waals surface area contributed by atoms with Crippen LogP contribution in [0.4, 0.5) is 0 Å². The van der Waals surface area contributed by atoms with Gasteiger partial charge in [0.25, 0.3) is 5.91 Å². The van der Waals surface area contributed by atoms with Gasteiger partial charge < -0.3 is 14.5 Å². The number of benzene rings is 1. The Kier molecular flexibility index (Phi) is 6.51. The van der Waals surface area contributed by atoms with Crippen molar-refractivity contribution in [3.63, 3.8) is 0 Å². The van der Waals surface area contributed by atoms with Crippen LogP contribution in [0.5, 0.6) is 0 Å². The number of nitrogens with zero attached hydrogens (tertiary/aromatic N) is 3. The van der Waals surface area contributed by atoms with E-state index >= 15 is 0 Å². The van der Waals surface area contributed by atoms with Gasteiger partial charge in [-0.1, -0.05) is 30.3 Å². The van der Waals surface area contributed by atoms with Gasteiger partial charge in [0.1, 0.15) is 12.4 Å². The van der Waals surface area contributed by atoms with Crippen molar-refractivity contribution >= 4 is 28.3 Å². The highest BCUT2D eigenvalue weighted by Gasteiger charge is 2.16. The Morgan fingerprint density at radius 1 is 1.12 bits per heavy atom. The molecule has 0 aliphatic rings. The topological polar surface area (TPSA) is 82.2 Å². The molecule has 0 aliphatic carbocycles. The Morgan fingerprint density at radius 2 is 2.03 bits per heavy atom. The minimum atomic E-state index is -0.148. The summed E-state index contributed by atoms with van der Waals surface area (Å²) in [6.45, 7) is 3.83. The molecule has 0 saturated carbocycles. The van der Waals surface area contributed by atoms with E-state index in [0.717, 1.165) is 28.0 Å². The summed E-state index contributed by atoms with van der Waals surface area (Å²) in [7, 11) is 0. The molecule has 0 bridgehead atoms. The zero-order valence-corrected chi connectivity index (χ0v) is 19.5. The molecule has 1 amide bonds. The number of furan rings is 1. The van der Waals surface area contributed by atoms with Crippen molar-refractivity contribution in [2.75, 3.05) is 0 Å². The number of aromatic nitrogens is 3. The van der Waals surface area contributed by atoms with Crippen LogP contribution in [0.2, 0.25) is 0 Å². The molecule has 0 atom stereocenters. The van der Waals surface area contributed by atoms with E-state index in [4.69, 9.17) is 9.15 Å². The zero-order valence-electron chi connectivity index (χ0n) is 18.7. The Bertz CT molecular complexity index is 1390. The molecule has 8 heteroatoms. The van der Waals surface area contributed by atoms with Crippen molar-refractivity contribution in [1.29, 1.82) is 0 Å². The van der Waals surface area contributed by atoms with Crippen LogP contribution in [-0.4, -0.2) is 20.7 Å². The van der Waals surface area contributed by atoms with Crippen LogP contribution in [0, 0.1) is 6.92 Å². The van der Waals surface area contributed by atoms with Crippen LogP contribution in [0.15, 0.2) is 76.9 Å². The van der Waals surface area contributed by atoms with Crippen LogP contribution in [0.1, 0.15) is 37.8 Å². The molecule has 0 radical (unpaired) electrons. The normalized spacial score (nSPS) is 11.2. The van der Waals surface area contributed by atoms with E-state index in [1.54, 1.807) is 23.8 Å². The van der Waals surface area contributed by atoms with Crippen LogP contribution >= 0.6 is 11.3 Å². The lowest BCUT2D eigenvalue weighted by Gasteiger charge is -2.09. The summed E-state index contributed by atoms with van der Waals surface area (Å²) < 4.78 is 12.8. The number of thiophene rings is 1. The molecular weight excluding hydrogens is 448 g/mol. The van der Waals surface area contributed by atoms with Gasteiger partial charge in [0.05, 0.1) is 36.6 Å². The lowest BCUT2D eigenvalue weighted by molar-refractivity contribution is 0.0928. The number of carbonyl (C=O) groups is 1. The number of aryl methyl sites for hydroxylation is 1. The lowest BCUT2D eigenvalue weighted by atomic mass is 10.1. The number of nitrogens with one attached hydrogen (secondary N) is 1. The number of ether oxygens (including phenoxy) is 1. The van der Waals surface area contributed by atoms with E-state index in [1.807, 2.05) is 65.5 Å².